The Morgan fingerprint density at radius 3 is 2.58 bits per heavy atom. The average Bonchev–Trinajstić information content (AvgIpc) is 2.56. The van der Waals surface area contributed by atoms with E-state index in [1.165, 1.54) is 18.3 Å². The molecule has 0 atom stereocenters. The fourth-order valence-corrected chi connectivity index (χ4v) is 3.31. The molecule has 2 rings (SSSR count). The second-order valence-corrected chi connectivity index (χ2v) is 6.08. The van der Waals surface area contributed by atoms with Gasteiger partial charge in [-0.05, 0) is 26.0 Å². The molecule has 0 amide bonds. The highest BCUT2D eigenvalue weighted by Gasteiger charge is 2.21. The van der Waals surface area contributed by atoms with E-state index in [4.69, 9.17) is 11.6 Å². The lowest BCUT2D eigenvalue weighted by Crippen LogP contribution is -2.15. The van der Waals surface area contributed by atoms with Crippen LogP contribution in [0.5, 0.6) is 0 Å². The van der Waals surface area contributed by atoms with Crippen LogP contribution in [0, 0.1) is 13.8 Å². The van der Waals surface area contributed by atoms with Crippen LogP contribution in [0.4, 0.5) is 5.69 Å². The van der Waals surface area contributed by atoms with E-state index >= 15 is 0 Å². The summed E-state index contributed by atoms with van der Waals surface area (Å²) in [7, 11) is -2.03. The highest BCUT2D eigenvalue weighted by atomic mass is 35.5. The van der Waals surface area contributed by atoms with Crippen molar-refractivity contribution in [2.75, 3.05) is 4.72 Å². The monoisotopic (exact) mass is 300 g/mol. The Balaban J connectivity index is 2.46. The van der Waals surface area contributed by atoms with Crippen LogP contribution in [0.15, 0.2) is 23.2 Å². The van der Waals surface area contributed by atoms with Gasteiger partial charge < -0.3 is 0 Å². The lowest BCUT2D eigenvalue weighted by atomic mass is 10.3. The molecule has 0 saturated heterocycles. The molecule has 102 valence electrons. The number of anilines is 1. The highest BCUT2D eigenvalue weighted by Crippen LogP contribution is 2.25. The van der Waals surface area contributed by atoms with Crippen LogP contribution in [-0.4, -0.2) is 23.2 Å². The molecule has 6 nitrogen and oxygen atoms in total. The summed E-state index contributed by atoms with van der Waals surface area (Å²) in [5, 5.41) is 4.09. The maximum absolute atomic E-state index is 12.3. The highest BCUT2D eigenvalue weighted by molar-refractivity contribution is 7.92. The summed E-state index contributed by atoms with van der Waals surface area (Å²) in [5.74, 6) is 0. The molecule has 2 heterocycles. The quantitative estimate of drug-likeness (QED) is 0.878. The van der Waals surface area contributed by atoms with Gasteiger partial charge in [0, 0.05) is 13.2 Å². The molecule has 0 spiro atoms. The standard InChI is InChI=1S/C11H13ClN4O2S/c1-7-10(8(2)16(3)14-7)15-19(17,18)9-5-4-6-13-11(9)12/h4-6,15H,1-3H3. The van der Waals surface area contributed by atoms with Crippen LogP contribution in [0.2, 0.25) is 5.15 Å². The van der Waals surface area contributed by atoms with Gasteiger partial charge in [0.25, 0.3) is 10.0 Å². The maximum atomic E-state index is 12.3. The zero-order valence-corrected chi connectivity index (χ0v) is 12.2. The molecule has 0 saturated carbocycles. The van der Waals surface area contributed by atoms with Crippen molar-refractivity contribution in [1.29, 1.82) is 0 Å². The van der Waals surface area contributed by atoms with Crippen LogP contribution in [0.1, 0.15) is 11.4 Å². The summed E-state index contributed by atoms with van der Waals surface area (Å²) < 4.78 is 28.6. The summed E-state index contributed by atoms with van der Waals surface area (Å²) in [5.41, 5.74) is 1.78. The number of pyridine rings is 1. The third-order valence-corrected chi connectivity index (χ3v) is 4.55. The second-order valence-electron chi connectivity index (χ2n) is 4.07. The van der Waals surface area contributed by atoms with Crippen molar-refractivity contribution in [3.05, 3.63) is 34.9 Å². The Morgan fingerprint density at radius 2 is 2.05 bits per heavy atom. The first-order valence-corrected chi connectivity index (χ1v) is 7.32. The Morgan fingerprint density at radius 1 is 1.37 bits per heavy atom. The molecule has 0 aliphatic carbocycles. The van der Waals surface area contributed by atoms with E-state index in [2.05, 4.69) is 14.8 Å². The number of nitrogens with zero attached hydrogens (tertiary/aromatic N) is 3. The molecule has 0 bridgehead atoms. The number of aryl methyl sites for hydroxylation is 2. The lowest BCUT2D eigenvalue weighted by Gasteiger charge is -2.09. The van der Waals surface area contributed by atoms with Crippen molar-refractivity contribution >= 4 is 27.3 Å². The van der Waals surface area contributed by atoms with Gasteiger partial charge >= 0.3 is 0 Å². The van der Waals surface area contributed by atoms with Crippen molar-refractivity contribution in [2.45, 2.75) is 18.7 Å². The molecular formula is C11H13ClN4O2S. The first kappa shape index (κ1) is 13.8. The van der Waals surface area contributed by atoms with Crippen LogP contribution < -0.4 is 4.72 Å². The summed E-state index contributed by atoms with van der Waals surface area (Å²) in [6.45, 7) is 3.51. The summed E-state index contributed by atoms with van der Waals surface area (Å²) >= 11 is 5.81. The molecule has 2 aromatic heterocycles. The molecule has 0 radical (unpaired) electrons. The fraction of sp³-hybridized carbons (Fsp3) is 0.273. The van der Waals surface area contributed by atoms with Gasteiger partial charge in [-0.25, -0.2) is 13.4 Å². The predicted molar refractivity (Wildman–Crippen MR) is 72.7 cm³/mol. The summed E-state index contributed by atoms with van der Waals surface area (Å²) in [6, 6.07) is 2.92. The van der Waals surface area contributed by atoms with Crippen molar-refractivity contribution in [2.24, 2.45) is 7.05 Å². The van der Waals surface area contributed by atoms with Crippen molar-refractivity contribution in [3.63, 3.8) is 0 Å². The Kier molecular flexibility index (Phi) is 3.51. The fourth-order valence-electron chi connectivity index (χ4n) is 1.68. The molecular weight excluding hydrogens is 288 g/mol. The van der Waals surface area contributed by atoms with Gasteiger partial charge in [-0.3, -0.25) is 9.40 Å². The minimum absolute atomic E-state index is 0.0562. The Hall–Kier alpha value is -1.60. The number of hydrogen-bond donors (Lipinski definition) is 1. The van der Waals surface area contributed by atoms with E-state index in [0.29, 0.717) is 11.4 Å². The van der Waals surface area contributed by atoms with Crippen molar-refractivity contribution in [3.8, 4) is 0 Å². The zero-order valence-electron chi connectivity index (χ0n) is 10.7. The van der Waals surface area contributed by atoms with Gasteiger partial charge in [0.2, 0.25) is 0 Å². The second kappa shape index (κ2) is 4.82. The van der Waals surface area contributed by atoms with Crippen LogP contribution in [0.25, 0.3) is 0 Å². The molecule has 0 aliphatic rings. The molecule has 0 aromatic carbocycles. The van der Waals surface area contributed by atoms with Gasteiger partial charge in [-0.2, -0.15) is 5.10 Å². The Bertz CT molecular complexity index is 724. The maximum Gasteiger partial charge on any atom is 0.265 e. The van der Waals surface area contributed by atoms with E-state index in [1.54, 1.807) is 25.6 Å². The molecule has 0 unspecified atom stereocenters. The number of rotatable bonds is 3. The summed E-state index contributed by atoms with van der Waals surface area (Å²) in [6.07, 6.45) is 1.43. The minimum atomic E-state index is -3.77. The topological polar surface area (TPSA) is 76.9 Å². The molecule has 0 fully saturated rings. The minimum Gasteiger partial charge on any atom is -0.276 e. The average molecular weight is 301 g/mol. The molecule has 2 aromatic rings. The smallest absolute Gasteiger partial charge is 0.265 e. The van der Waals surface area contributed by atoms with Crippen LogP contribution in [-0.2, 0) is 17.1 Å². The van der Waals surface area contributed by atoms with Gasteiger partial charge in [-0.15, -0.1) is 0 Å². The largest absolute Gasteiger partial charge is 0.276 e. The third-order valence-electron chi connectivity index (χ3n) is 2.76. The van der Waals surface area contributed by atoms with E-state index < -0.39 is 10.0 Å². The third kappa shape index (κ3) is 2.57. The number of nitrogens with one attached hydrogen (secondary N) is 1. The molecule has 8 heteroatoms. The van der Waals surface area contributed by atoms with Gasteiger partial charge in [0.05, 0.1) is 17.1 Å². The first-order valence-electron chi connectivity index (χ1n) is 5.46. The van der Waals surface area contributed by atoms with E-state index in [9.17, 15) is 8.42 Å². The molecule has 1 N–H and O–H groups in total. The van der Waals surface area contributed by atoms with Gasteiger partial charge in [0.1, 0.15) is 10.0 Å². The number of halogens is 1. The lowest BCUT2D eigenvalue weighted by molar-refractivity contribution is 0.601. The zero-order chi connectivity index (χ0) is 14.2. The van der Waals surface area contributed by atoms with E-state index in [-0.39, 0.29) is 10.0 Å². The van der Waals surface area contributed by atoms with E-state index in [1.807, 2.05) is 0 Å². The van der Waals surface area contributed by atoms with Crippen LogP contribution in [0.3, 0.4) is 0 Å². The van der Waals surface area contributed by atoms with Crippen molar-refractivity contribution < 1.29 is 8.42 Å². The van der Waals surface area contributed by atoms with Crippen LogP contribution >= 0.6 is 11.6 Å². The normalized spacial score (nSPS) is 11.6. The Labute approximate surface area is 116 Å². The van der Waals surface area contributed by atoms with Crippen molar-refractivity contribution in [1.82, 2.24) is 14.8 Å². The SMILES string of the molecule is Cc1nn(C)c(C)c1NS(=O)(=O)c1cccnc1Cl. The van der Waals surface area contributed by atoms with E-state index in [0.717, 1.165) is 5.69 Å². The number of sulfonamides is 1. The molecule has 19 heavy (non-hydrogen) atoms. The number of aromatic nitrogens is 3. The predicted octanol–water partition coefficient (Wildman–Crippen LogP) is 1.89. The first-order chi connectivity index (χ1) is 8.83. The van der Waals surface area contributed by atoms with Gasteiger partial charge in [-0.1, -0.05) is 11.6 Å². The number of hydrogen-bond acceptors (Lipinski definition) is 4. The molecule has 0 aliphatic heterocycles. The summed E-state index contributed by atoms with van der Waals surface area (Å²) in [4.78, 5) is 3.71. The van der Waals surface area contributed by atoms with Gasteiger partial charge in [0.15, 0.2) is 0 Å².